The lowest BCUT2D eigenvalue weighted by atomic mass is 9.73. The number of ether oxygens (including phenoxy) is 1. The number of likely N-dealkylation sites (tertiary alicyclic amines) is 2. The van der Waals surface area contributed by atoms with E-state index in [1.807, 2.05) is 48.2 Å². The topological polar surface area (TPSA) is 165 Å². The van der Waals surface area contributed by atoms with Crippen molar-refractivity contribution in [1.82, 2.24) is 29.9 Å². The third-order valence-corrected chi connectivity index (χ3v) is 15.8. The van der Waals surface area contributed by atoms with Gasteiger partial charge in [-0.15, -0.1) is 0 Å². The van der Waals surface area contributed by atoms with E-state index in [0.717, 1.165) is 118 Å². The van der Waals surface area contributed by atoms with Gasteiger partial charge in [-0.25, -0.2) is 4.39 Å². The van der Waals surface area contributed by atoms with Crippen LogP contribution >= 0.6 is 0 Å². The fourth-order valence-electron chi connectivity index (χ4n) is 11.7. The van der Waals surface area contributed by atoms with Crippen LogP contribution in [-0.4, -0.2) is 137 Å². The average Bonchev–Trinajstić information content (AvgIpc) is 3.61. The van der Waals surface area contributed by atoms with Gasteiger partial charge in [0.15, 0.2) is 0 Å². The van der Waals surface area contributed by atoms with E-state index in [2.05, 4.69) is 30.3 Å². The third kappa shape index (κ3) is 9.96. The number of piperidine rings is 3. The first kappa shape index (κ1) is 46.5. The van der Waals surface area contributed by atoms with Crippen LogP contribution in [0.1, 0.15) is 103 Å². The first-order valence-electron chi connectivity index (χ1n) is 24.9. The number of piperazine rings is 1. The Labute approximate surface area is 401 Å². The van der Waals surface area contributed by atoms with Crippen molar-refractivity contribution >= 4 is 57.7 Å². The summed E-state index contributed by atoms with van der Waals surface area (Å²) in [5, 5.41) is 6.26. The summed E-state index contributed by atoms with van der Waals surface area (Å²) in [5.74, 6) is -0.979. The first-order chi connectivity index (χ1) is 33.4. The van der Waals surface area contributed by atoms with Crippen molar-refractivity contribution < 1.29 is 37.9 Å². The van der Waals surface area contributed by atoms with Crippen LogP contribution in [0, 0.1) is 17.7 Å². The fourth-order valence-corrected chi connectivity index (χ4v) is 11.7. The van der Waals surface area contributed by atoms with Crippen LogP contribution in [-0.2, 0) is 19.2 Å². The van der Waals surface area contributed by atoms with Gasteiger partial charge >= 0.3 is 0 Å². The molecule has 1 saturated carbocycles. The van der Waals surface area contributed by atoms with Crippen molar-refractivity contribution in [2.24, 2.45) is 11.8 Å². The number of carbonyl (C=O) groups is 6. The number of fused-ring (bicyclic) bond motifs is 2. The van der Waals surface area contributed by atoms with Crippen LogP contribution in [0.2, 0.25) is 0 Å². The molecule has 1 aliphatic carbocycles. The lowest BCUT2D eigenvalue weighted by Crippen LogP contribution is -2.54. The van der Waals surface area contributed by atoms with E-state index in [1.165, 1.54) is 6.07 Å². The Kier molecular flexibility index (Phi) is 13.5. The lowest BCUT2D eigenvalue weighted by molar-refractivity contribution is -0.136. The summed E-state index contributed by atoms with van der Waals surface area (Å²) in [6.07, 6.45) is 9.19. The second-order valence-corrected chi connectivity index (χ2v) is 19.9. The molecule has 6 amide bonds. The summed E-state index contributed by atoms with van der Waals surface area (Å²) in [6, 6.07) is 19.1. The maximum absolute atomic E-state index is 14.1. The van der Waals surface area contributed by atoms with Crippen molar-refractivity contribution in [2.75, 3.05) is 69.1 Å². The van der Waals surface area contributed by atoms with Crippen LogP contribution in [0.5, 0.6) is 5.75 Å². The van der Waals surface area contributed by atoms with Crippen molar-refractivity contribution in [3.05, 3.63) is 95.4 Å². The molecule has 2 atom stereocenters. The summed E-state index contributed by atoms with van der Waals surface area (Å²) in [7, 11) is 0. The van der Waals surface area contributed by atoms with E-state index in [1.54, 1.807) is 30.5 Å². The zero-order valence-corrected chi connectivity index (χ0v) is 39.2. The first-order valence-corrected chi connectivity index (χ1v) is 24.9. The smallest absolute Gasteiger partial charge is 0.262 e. The highest BCUT2D eigenvalue weighted by Crippen LogP contribution is 2.41. The van der Waals surface area contributed by atoms with Crippen LogP contribution in [0.25, 0.3) is 10.9 Å². The molecule has 15 nitrogen and oxygen atoms in total. The van der Waals surface area contributed by atoms with Crippen molar-refractivity contribution in [3.8, 4) is 5.75 Å². The Morgan fingerprint density at radius 1 is 0.797 bits per heavy atom. The monoisotopic (exact) mass is 940 g/mol. The van der Waals surface area contributed by atoms with Gasteiger partial charge in [0.1, 0.15) is 23.7 Å². The minimum absolute atomic E-state index is 0.00106. The number of halogens is 1. The normalized spacial score (nSPS) is 23.8. The average molecular weight is 941 g/mol. The molecular weight excluding hydrogens is 880 g/mol. The van der Waals surface area contributed by atoms with Gasteiger partial charge in [-0.2, -0.15) is 0 Å². The molecular formula is C53H61FN8O7. The summed E-state index contributed by atoms with van der Waals surface area (Å²) in [6.45, 7) is 8.71. The molecule has 6 aliphatic rings. The molecule has 4 saturated heterocycles. The van der Waals surface area contributed by atoms with Crippen molar-refractivity contribution in [3.63, 3.8) is 0 Å². The van der Waals surface area contributed by atoms with E-state index >= 15 is 0 Å². The molecule has 362 valence electrons. The maximum atomic E-state index is 14.1. The number of nitrogens with zero attached hydrogens (tertiary/aromatic N) is 6. The number of hydrogen-bond donors (Lipinski definition) is 2. The molecule has 0 bridgehead atoms. The van der Waals surface area contributed by atoms with E-state index < -0.39 is 29.7 Å². The van der Waals surface area contributed by atoms with Gasteiger partial charge in [-0.05, 0) is 117 Å². The van der Waals surface area contributed by atoms with E-state index in [0.29, 0.717) is 48.6 Å². The second kappa shape index (κ2) is 20.0. The van der Waals surface area contributed by atoms with Gasteiger partial charge in [0.2, 0.25) is 23.6 Å². The molecule has 1 aromatic heterocycles. The Morgan fingerprint density at radius 2 is 1.55 bits per heavy atom. The van der Waals surface area contributed by atoms with E-state index in [4.69, 9.17) is 4.74 Å². The van der Waals surface area contributed by atoms with Crippen LogP contribution in [0.4, 0.5) is 15.8 Å². The number of benzene rings is 3. The van der Waals surface area contributed by atoms with Crippen molar-refractivity contribution in [2.45, 2.75) is 95.2 Å². The minimum atomic E-state index is -0.985. The number of hydrogen-bond acceptors (Lipinski definition) is 11. The number of pyridine rings is 1. The Morgan fingerprint density at radius 3 is 2.30 bits per heavy atom. The molecule has 4 aromatic rings. The lowest BCUT2D eigenvalue weighted by Gasteiger charge is -2.43. The van der Waals surface area contributed by atoms with Gasteiger partial charge in [0.05, 0.1) is 23.2 Å². The molecule has 2 N–H and O–H groups in total. The molecule has 10 rings (SSSR count). The predicted molar refractivity (Wildman–Crippen MR) is 257 cm³/mol. The molecule has 0 spiro atoms. The summed E-state index contributed by atoms with van der Waals surface area (Å²) in [4.78, 5) is 92.1. The molecule has 6 heterocycles. The number of anilines is 2. The Balaban J connectivity index is 0.626. The number of imide groups is 2. The number of aromatic nitrogens is 1. The van der Waals surface area contributed by atoms with Crippen LogP contribution in [0.15, 0.2) is 72.9 Å². The standard InChI is InChI=1S/C53H61FN8O7/c1-33(34-5-7-35(8-6-34)42-15-20-55-46-12-9-36(54)29-44(42)46)50(65)56-37-3-2-4-41(30-37)69-40-18-23-61(24-19-40)49(64)32-58-21-16-38(17-22-58)59-25-27-60(28-26-59)39-10-11-43-45(31-39)53(68)62(52(43)67)47-13-14-48(63)57-51(47)66/h2-4,9-12,15,20,29-31,33-35,38,40,47H,5-8,13-14,16-19,21-28,32H2,1H3,(H,56,65)(H,57,63,66)/t33-,34-,35+,47?/m1/s1. The van der Waals surface area contributed by atoms with Gasteiger partial charge in [-0.1, -0.05) is 13.0 Å². The van der Waals surface area contributed by atoms with Crippen molar-refractivity contribution in [1.29, 1.82) is 0 Å². The van der Waals surface area contributed by atoms with Crippen LogP contribution in [0.3, 0.4) is 0 Å². The number of amides is 6. The van der Waals surface area contributed by atoms with E-state index in [-0.39, 0.29) is 54.0 Å². The molecule has 5 aliphatic heterocycles. The Hall–Kier alpha value is -6.26. The zero-order valence-electron chi connectivity index (χ0n) is 39.2. The summed E-state index contributed by atoms with van der Waals surface area (Å²) in [5.41, 5.74) is 4.10. The van der Waals surface area contributed by atoms with Gasteiger partial charge in [0, 0.05) is 113 Å². The quantitative estimate of drug-likeness (QED) is 0.170. The fraction of sp³-hybridized carbons (Fsp3) is 0.491. The van der Waals surface area contributed by atoms with Crippen LogP contribution < -0.4 is 20.3 Å². The predicted octanol–water partition coefficient (Wildman–Crippen LogP) is 5.98. The molecule has 1 unspecified atom stereocenters. The highest BCUT2D eigenvalue weighted by Gasteiger charge is 2.45. The number of rotatable bonds is 11. The molecule has 5 fully saturated rings. The third-order valence-electron chi connectivity index (χ3n) is 15.8. The Bertz CT molecular complexity index is 2630. The van der Waals surface area contributed by atoms with Gasteiger partial charge in [0.25, 0.3) is 11.8 Å². The zero-order chi connectivity index (χ0) is 47.8. The largest absolute Gasteiger partial charge is 0.490 e. The van der Waals surface area contributed by atoms with Gasteiger partial charge < -0.3 is 19.9 Å². The van der Waals surface area contributed by atoms with E-state index in [9.17, 15) is 33.2 Å². The molecule has 69 heavy (non-hydrogen) atoms. The molecule has 0 radical (unpaired) electrons. The van der Waals surface area contributed by atoms with Gasteiger partial charge in [-0.3, -0.25) is 53.8 Å². The SMILES string of the molecule is C[C@@H](C(=O)Nc1cccc(OC2CCN(C(=O)CN3CCC(N4CCN(c5ccc6c(c5)C(=O)N(C5CCC(=O)NC5=O)C6=O)CC4)CC3)CC2)c1)[C@H]1CC[C@@H](c2ccnc3ccc(F)cc32)CC1. The maximum Gasteiger partial charge on any atom is 0.262 e. The molecule has 3 aromatic carbocycles. The summed E-state index contributed by atoms with van der Waals surface area (Å²) < 4.78 is 20.5. The second-order valence-electron chi connectivity index (χ2n) is 19.9. The number of carbonyl (C=O) groups excluding carboxylic acids is 6. The minimum Gasteiger partial charge on any atom is -0.490 e. The molecule has 16 heteroatoms. The highest BCUT2D eigenvalue weighted by molar-refractivity contribution is 6.23. The highest BCUT2D eigenvalue weighted by atomic mass is 19.1. The number of nitrogens with one attached hydrogen (secondary N) is 2. The summed E-state index contributed by atoms with van der Waals surface area (Å²) >= 11 is 0.